The smallest absolute Gasteiger partial charge is 0.263 e. The van der Waals surface area contributed by atoms with E-state index in [2.05, 4.69) is 14.6 Å². The Kier molecular flexibility index (Phi) is 7.24. The highest BCUT2D eigenvalue weighted by Gasteiger charge is 2.28. The van der Waals surface area contributed by atoms with Crippen LogP contribution in [0.3, 0.4) is 0 Å². The largest absolute Gasteiger partial charge is 0.484 e. The Balaban J connectivity index is 1.33. The summed E-state index contributed by atoms with van der Waals surface area (Å²) in [5.41, 5.74) is 0.865. The van der Waals surface area contributed by atoms with Crippen molar-refractivity contribution in [3.63, 3.8) is 0 Å². The van der Waals surface area contributed by atoms with Crippen molar-refractivity contribution in [3.8, 4) is 5.75 Å². The molecule has 34 heavy (non-hydrogen) atoms. The lowest BCUT2D eigenvalue weighted by atomic mass is 10.1. The van der Waals surface area contributed by atoms with Crippen LogP contribution in [0.1, 0.15) is 6.92 Å². The molecule has 0 spiro atoms. The summed E-state index contributed by atoms with van der Waals surface area (Å²) in [7, 11) is -3.71. The number of hydrogen-bond donors (Lipinski definition) is 1. The molecular formula is C22H22ClFN4O4S2. The highest BCUT2D eigenvalue weighted by Crippen LogP contribution is 2.24. The molecule has 2 aromatic carbocycles. The van der Waals surface area contributed by atoms with Crippen LogP contribution < -0.4 is 14.4 Å². The van der Waals surface area contributed by atoms with Crippen molar-refractivity contribution in [3.05, 3.63) is 64.9 Å². The fourth-order valence-corrected chi connectivity index (χ4v) is 5.60. The van der Waals surface area contributed by atoms with Crippen molar-refractivity contribution in [1.29, 1.82) is 0 Å². The van der Waals surface area contributed by atoms with E-state index in [0.717, 1.165) is 5.69 Å². The van der Waals surface area contributed by atoms with Crippen molar-refractivity contribution in [2.45, 2.75) is 17.9 Å². The van der Waals surface area contributed by atoms with E-state index < -0.39 is 15.8 Å². The van der Waals surface area contributed by atoms with Gasteiger partial charge in [0.1, 0.15) is 11.6 Å². The SMILES string of the molecule is C[C@@H]1CN(c2ccc(S(=O)(=O)Nc3nccs3)cc2)CCN1C(=O)COc1ccc(F)c(Cl)c1. The van der Waals surface area contributed by atoms with Crippen molar-refractivity contribution >= 4 is 49.7 Å². The summed E-state index contributed by atoms with van der Waals surface area (Å²) >= 11 is 6.95. The van der Waals surface area contributed by atoms with Crippen molar-refractivity contribution in [1.82, 2.24) is 9.88 Å². The number of piperazine rings is 1. The third-order valence-corrected chi connectivity index (χ3v) is 7.83. The maximum absolute atomic E-state index is 13.3. The summed E-state index contributed by atoms with van der Waals surface area (Å²) in [6.45, 7) is 3.42. The molecule has 3 aromatic rings. The van der Waals surface area contributed by atoms with Crippen LogP contribution in [0.25, 0.3) is 0 Å². The van der Waals surface area contributed by atoms with Crippen LogP contribution in [0, 0.1) is 5.82 Å². The summed E-state index contributed by atoms with van der Waals surface area (Å²) in [6.07, 6.45) is 1.53. The fraction of sp³-hybridized carbons (Fsp3) is 0.273. The second-order valence-corrected chi connectivity index (χ2v) is 10.7. The minimum absolute atomic E-state index is 0.0651. The van der Waals surface area contributed by atoms with Gasteiger partial charge >= 0.3 is 0 Å². The van der Waals surface area contributed by atoms with E-state index in [9.17, 15) is 17.6 Å². The fourth-order valence-electron chi connectivity index (χ4n) is 3.64. The van der Waals surface area contributed by atoms with E-state index in [-0.39, 0.29) is 28.5 Å². The molecule has 0 bridgehead atoms. The van der Waals surface area contributed by atoms with Crippen LogP contribution in [0.5, 0.6) is 5.75 Å². The van der Waals surface area contributed by atoms with Crippen LogP contribution in [-0.2, 0) is 14.8 Å². The number of hydrogen-bond acceptors (Lipinski definition) is 7. The lowest BCUT2D eigenvalue weighted by molar-refractivity contribution is -0.135. The number of carbonyl (C=O) groups excluding carboxylic acids is 1. The Morgan fingerprint density at radius 2 is 2.03 bits per heavy atom. The number of halogens is 2. The highest BCUT2D eigenvalue weighted by molar-refractivity contribution is 7.93. The Morgan fingerprint density at radius 1 is 1.26 bits per heavy atom. The Bertz CT molecular complexity index is 1260. The van der Waals surface area contributed by atoms with Crippen molar-refractivity contribution in [2.24, 2.45) is 0 Å². The zero-order valence-electron chi connectivity index (χ0n) is 18.1. The number of sulfonamides is 1. The monoisotopic (exact) mass is 524 g/mol. The topological polar surface area (TPSA) is 91.8 Å². The Labute approximate surface area is 206 Å². The van der Waals surface area contributed by atoms with E-state index in [4.69, 9.17) is 16.3 Å². The van der Waals surface area contributed by atoms with Crippen LogP contribution in [0.15, 0.2) is 58.9 Å². The van der Waals surface area contributed by atoms with Gasteiger partial charge in [-0.05, 0) is 43.3 Å². The molecular weight excluding hydrogens is 503 g/mol. The summed E-state index contributed by atoms with van der Waals surface area (Å²) in [5.74, 6) is -0.403. The summed E-state index contributed by atoms with van der Waals surface area (Å²) in [4.78, 5) is 20.6. The molecule has 0 saturated carbocycles. The predicted octanol–water partition coefficient (Wildman–Crippen LogP) is 3.85. The van der Waals surface area contributed by atoms with Gasteiger partial charge in [-0.1, -0.05) is 11.6 Å². The Hall–Kier alpha value is -2.89. The molecule has 1 aliphatic rings. The van der Waals surface area contributed by atoms with Gasteiger partial charge in [0.05, 0.1) is 9.92 Å². The van der Waals surface area contributed by atoms with Gasteiger partial charge in [0, 0.05) is 49.0 Å². The Morgan fingerprint density at radius 3 is 2.68 bits per heavy atom. The number of benzene rings is 2. The first-order valence-electron chi connectivity index (χ1n) is 10.4. The standard InChI is InChI=1S/C22H22ClFN4O4S2/c1-15-13-27(9-10-28(15)21(29)14-32-17-4-7-20(24)19(23)12-17)16-2-5-18(6-3-16)34(30,31)26-22-25-8-11-33-22/h2-8,11-12,15H,9-10,13-14H2,1H3,(H,25,26)/t15-/m1/s1. The van der Waals surface area contributed by atoms with Crippen molar-refractivity contribution < 1.29 is 22.3 Å². The molecule has 0 radical (unpaired) electrons. The molecule has 1 aliphatic heterocycles. The molecule has 0 aliphatic carbocycles. The number of carbonyl (C=O) groups is 1. The number of aromatic nitrogens is 1. The molecule has 180 valence electrons. The number of amides is 1. The minimum atomic E-state index is -3.71. The molecule has 1 atom stereocenters. The third-order valence-electron chi connectivity index (χ3n) is 5.37. The average molecular weight is 525 g/mol. The molecule has 1 N–H and O–H groups in total. The van der Waals surface area contributed by atoms with Crippen LogP contribution >= 0.6 is 22.9 Å². The molecule has 1 aromatic heterocycles. The van der Waals surface area contributed by atoms with Gasteiger partial charge in [-0.2, -0.15) is 0 Å². The number of anilines is 2. The van der Waals surface area contributed by atoms with Crippen molar-refractivity contribution in [2.75, 3.05) is 35.9 Å². The zero-order valence-corrected chi connectivity index (χ0v) is 20.5. The van der Waals surface area contributed by atoms with Gasteiger partial charge < -0.3 is 14.5 Å². The lowest BCUT2D eigenvalue weighted by Crippen LogP contribution is -2.55. The number of nitrogens with zero attached hydrogens (tertiary/aromatic N) is 3. The summed E-state index contributed by atoms with van der Waals surface area (Å²) in [6, 6.07) is 10.5. The van der Waals surface area contributed by atoms with Crippen LogP contribution in [-0.4, -0.2) is 56.5 Å². The normalized spacial score (nSPS) is 16.4. The predicted molar refractivity (Wildman–Crippen MR) is 130 cm³/mol. The molecule has 1 fully saturated rings. The summed E-state index contributed by atoms with van der Waals surface area (Å²) in [5, 5.41) is 1.94. The molecule has 1 saturated heterocycles. The van der Waals surface area contributed by atoms with E-state index in [1.54, 1.807) is 34.5 Å². The number of thiazole rings is 1. The van der Waals surface area contributed by atoms with Crippen LogP contribution in [0.2, 0.25) is 5.02 Å². The van der Waals surface area contributed by atoms with E-state index in [0.29, 0.717) is 30.5 Å². The lowest BCUT2D eigenvalue weighted by Gasteiger charge is -2.41. The second kappa shape index (κ2) is 10.2. The number of nitrogens with one attached hydrogen (secondary N) is 1. The quantitative estimate of drug-likeness (QED) is 0.505. The van der Waals surface area contributed by atoms with Gasteiger partial charge in [0.25, 0.3) is 15.9 Å². The minimum Gasteiger partial charge on any atom is -0.484 e. The van der Waals surface area contributed by atoms with Gasteiger partial charge in [0.2, 0.25) is 0 Å². The molecule has 1 amide bonds. The maximum Gasteiger partial charge on any atom is 0.263 e. The van der Waals surface area contributed by atoms with E-state index in [1.807, 2.05) is 6.92 Å². The zero-order chi connectivity index (χ0) is 24.3. The highest BCUT2D eigenvalue weighted by atomic mass is 35.5. The van der Waals surface area contributed by atoms with Gasteiger partial charge in [0.15, 0.2) is 11.7 Å². The van der Waals surface area contributed by atoms with Gasteiger partial charge in [-0.3, -0.25) is 9.52 Å². The molecule has 4 rings (SSSR count). The van der Waals surface area contributed by atoms with Crippen LogP contribution in [0.4, 0.5) is 15.2 Å². The third kappa shape index (κ3) is 5.60. The van der Waals surface area contributed by atoms with E-state index in [1.165, 1.54) is 35.7 Å². The number of rotatable bonds is 7. The maximum atomic E-state index is 13.3. The molecule has 12 heteroatoms. The second-order valence-electron chi connectivity index (χ2n) is 7.68. The van der Waals surface area contributed by atoms with Gasteiger partial charge in [-0.25, -0.2) is 17.8 Å². The summed E-state index contributed by atoms with van der Waals surface area (Å²) < 4.78 is 46.2. The first-order valence-corrected chi connectivity index (χ1v) is 13.1. The average Bonchev–Trinajstić information content (AvgIpc) is 3.32. The van der Waals surface area contributed by atoms with E-state index >= 15 is 0 Å². The molecule has 2 heterocycles. The first kappa shape index (κ1) is 24.2. The first-order chi connectivity index (χ1) is 16.2. The number of ether oxygens (including phenoxy) is 1. The molecule has 8 nitrogen and oxygen atoms in total. The van der Waals surface area contributed by atoms with Gasteiger partial charge in [-0.15, -0.1) is 11.3 Å². The molecule has 0 unspecified atom stereocenters.